The Morgan fingerprint density at radius 3 is 2.48 bits per heavy atom. The van der Waals surface area contributed by atoms with Crippen molar-refractivity contribution >= 4 is 11.3 Å². The molecule has 0 saturated heterocycles. The second-order valence-corrected chi connectivity index (χ2v) is 7.18. The van der Waals surface area contributed by atoms with E-state index in [1.807, 2.05) is 13.0 Å². The molecule has 0 atom stereocenters. The Hall–Kier alpha value is -1.26. The summed E-state index contributed by atoms with van der Waals surface area (Å²) in [5, 5.41) is 0.972. The summed E-state index contributed by atoms with van der Waals surface area (Å²) in [5.41, 5.74) is 7.64. The first-order valence-electron chi connectivity index (χ1n) is 7.62. The van der Waals surface area contributed by atoms with E-state index in [2.05, 4.69) is 0 Å². The number of nitrogens with zero attached hydrogens (tertiary/aromatic N) is 1. The van der Waals surface area contributed by atoms with Gasteiger partial charge in [-0.15, -0.1) is 11.3 Å². The predicted octanol–water partition coefficient (Wildman–Crippen LogP) is 4.77. The van der Waals surface area contributed by atoms with Crippen LogP contribution < -0.4 is 5.73 Å². The van der Waals surface area contributed by atoms with Gasteiger partial charge in [0.15, 0.2) is 0 Å². The van der Waals surface area contributed by atoms with Crippen LogP contribution in [0.15, 0.2) is 24.3 Å². The molecule has 0 radical (unpaired) electrons. The Morgan fingerprint density at radius 2 is 1.81 bits per heavy atom. The average Bonchev–Trinajstić information content (AvgIpc) is 2.72. The highest BCUT2D eigenvalue weighted by Gasteiger charge is 2.32. The Balaban J connectivity index is 2.00. The molecule has 1 saturated carbocycles. The van der Waals surface area contributed by atoms with Gasteiger partial charge in [-0.1, -0.05) is 37.8 Å². The van der Waals surface area contributed by atoms with Gasteiger partial charge >= 0.3 is 0 Å². The molecule has 0 amide bonds. The first-order valence-corrected chi connectivity index (χ1v) is 8.43. The number of nitrogens with two attached hydrogens (primary N) is 1. The molecule has 0 unspecified atom stereocenters. The fourth-order valence-corrected chi connectivity index (χ4v) is 4.17. The van der Waals surface area contributed by atoms with Crippen LogP contribution in [0.1, 0.15) is 48.4 Å². The number of hydrogen-bond donors (Lipinski definition) is 1. The van der Waals surface area contributed by atoms with Crippen LogP contribution in [0, 0.1) is 12.7 Å². The molecule has 1 fully saturated rings. The van der Waals surface area contributed by atoms with Gasteiger partial charge in [0.05, 0.1) is 11.2 Å². The van der Waals surface area contributed by atoms with E-state index in [0.717, 1.165) is 41.3 Å². The molecule has 1 heterocycles. The lowest BCUT2D eigenvalue weighted by molar-refractivity contribution is 0.384. The lowest BCUT2D eigenvalue weighted by Gasteiger charge is -2.25. The zero-order valence-electron chi connectivity index (χ0n) is 12.4. The minimum atomic E-state index is -0.324. The van der Waals surface area contributed by atoms with Crippen molar-refractivity contribution in [1.29, 1.82) is 0 Å². The van der Waals surface area contributed by atoms with E-state index in [4.69, 9.17) is 10.7 Å². The summed E-state index contributed by atoms with van der Waals surface area (Å²) in [6.45, 7) is 2.00. The van der Waals surface area contributed by atoms with Crippen molar-refractivity contribution in [2.75, 3.05) is 0 Å². The van der Waals surface area contributed by atoms with E-state index < -0.39 is 0 Å². The summed E-state index contributed by atoms with van der Waals surface area (Å²) in [5.74, 6) is -0.218. The number of hydrogen-bond acceptors (Lipinski definition) is 3. The van der Waals surface area contributed by atoms with Crippen molar-refractivity contribution in [3.8, 4) is 11.3 Å². The lowest BCUT2D eigenvalue weighted by Crippen LogP contribution is -2.35. The Kier molecular flexibility index (Phi) is 4.09. The van der Waals surface area contributed by atoms with Crippen molar-refractivity contribution < 1.29 is 4.39 Å². The summed E-state index contributed by atoms with van der Waals surface area (Å²) in [7, 11) is 0. The lowest BCUT2D eigenvalue weighted by atomic mass is 9.92. The molecule has 21 heavy (non-hydrogen) atoms. The van der Waals surface area contributed by atoms with Crippen molar-refractivity contribution in [3.63, 3.8) is 0 Å². The molecular formula is C17H21FN2S. The highest BCUT2D eigenvalue weighted by atomic mass is 32.1. The van der Waals surface area contributed by atoms with Crippen molar-refractivity contribution in [2.45, 2.75) is 51.0 Å². The molecule has 1 aromatic heterocycles. The second-order valence-electron chi connectivity index (χ2n) is 5.97. The molecular weight excluding hydrogens is 283 g/mol. The van der Waals surface area contributed by atoms with E-state index in [1.54, 1.807) is 23.5 Å². The fraction of sp³-hybridized carbons (Fsp3) is 0.471. The number of rotatable bonds is 2. The average molecular weight is 304 g/mol. The highest BCUT2D eigenvalue weighted by Crippen LogP contribution is 2.39. The van der Waals surface area contributed by atoms with Crippen LogP contribution in [0.4, 0.5) is 4.39 Å². The molecule has 0 bridgehead atoms. The molecule has 0 spiro atoms. The monoisotopic (exact) mass is 304 g/mol. The van der Waals surface area contributed by atoms with Gasteiger partial charge in [-0.25, -0.2) is 9.37 Å². The maximum atomic E-state index is 14.0. The second kappa shape index (κ2) is 5.85. The van der Waals surface area contributed by atoms with E-state index in [1.165, 1.54) is 18.9 Å². The quantitative estimate of drug-likeness (QED) is 0.812. The normalized spacial score (nSPS) is 18.4. The fourth-order valence-electron chi connectivity index (χ4n) is 3.09. The van der Waals surface area contributed by atoms with Gasteiger partial charge in [-0.05, 0) is 31.9 Å². The van der Waals surface area contributed by atoms with Crippen LogP contribution in [0.5, 0.6) is 0 Å². The van der Waals surface area contributed by atoms with Gasteiger partial charge in [0.1, 0.15) is 10.8 Å². The minimum absolute atomic E-state index is 0.218. The van der Waals surface area contributed by atoms with E-state index in [9.17, 15) is 4.39 Å². The molecule has 2 nitrogen and oxygen atoms in total. The molecule has 3 rings (SSSR count). The third kappa shape index (κ3) is 2.87. The summed E-state index contributed by atoms with van der Waals surface area (Å²) < 4.78 is 14.0. The van der Waals surface area contributed by atoms with Crippen LogP contribution in [0.3, 0.4) is 0 Å². The largest absolute Gasteiger partial charge is 0.319 e. The highest BCUT2D eigenvalue weighted by molar-refractivity contribution is 7.12. The number of benzene rings is 1. The van der Waals surface area contributed by atoms with Gasteiger partial charge < -0.3 is 5.73 Å². The van der Waals surface area contributed by atoms with Crippen LogP contribution >= 0.6 is 11.3 Å². The summed E-state index contributed by atoms with van der Waals surface area (Å²) in [6, 6.07) is 6.83. The van der Waals surface area contributed by atoms with Gasteiger partial charge in [0, 0.05) is 10.4 Å². The van der Waals surface area contributed by atoms with Gasteiger partial charge in [-0.2, -0.15) is 0 Å². The van der Waals surface area contributed by atoms with Crippen LogP contribution in [0.2, 0.25) is 0 Å². The molecule has 0 aliphatic heterocycles. The van der Waals surface area contributed by atoms with E-state index in [-0.39, 0.29) is 11.4 Å². The predicted molar refractivity (Wildman–Crippen MR) is 85.8 cm³/mol. The third-order valence-electron chi connectivity index (χ3n) is 4.35. The SMILES string of the molecule is Cc1sc(C2(N)CCCCCC2)nc1-c1ccccc1F. The summed E-state index contributed by atoms with van der Waals surface area (Å²) >= 11 is 1.63. The maximum Gasteiger partial charge on any atom is 0.132 e. The summed E-state index contributed by atoms with van der Waals surface area (Å²) in [6.07, 6.45) is 6.79. The van der Waals surface area contributed by atoms with Crippen molar-refractivity contribution in [1.82, 2.24) is 4.98 Å². The number of thiazole rings is 1. The van der Waals surface area contributed by atoms with Crippen LogP contribution in [-0.2, 0) is 5.54 Å². The van der Waals surface area contributed by atoms with E-state index in [0.29, 0.717) is 5.56 Å². The third-order valence-corrected chi connectivity index (χ3v) is 5.54. The van der Waals surface area contributed by atoms with Crippen molar-refractivity contribution in [3.05, 3.63) is 40.0 Å². The van der Waals surface area contributed by atoms with Crippen LogP contribution in [-0.4, -0.2) is 4.98 Å². The van der Waals surface area contributed by atoms with E-state index >= 15 is 0 Å². The molecule has 112 valence electrons. The molecule has 4 heteroatoms. The Morgan fingerprint density at radius 1 is 1.14 bits per heavy atom. The maximum absolute atomic E-state index is 14.0. The smallest absolute Gasteiger partial charge is 0.132 e. The van der Waals surface area contributed by atoms with Gasteiger partial charge in [0.25, 0.3) is 0 Å². The van der Waals surface area contributed by atoms with Crippen LogP contribution in [0.25, 0.3) is 11.3 Å². The van der Waals surface area contributed by atoms with Crippen molar-refractivity contribution in [2.24, 2.45) is 5.73 Å². The first kappa shape index (κ1) is 14.7. The topological polar surface area (TPSA) is 38.9 Å². The zero-order chi connectivity index (χ0) is 14.9. The molecule has 2 N–H and O–H groups in total. The molecule has 2 aromatic rings. The molecule has 1 aliphatic carbocycles. The summed E-state index contributed by atoms with van der Waals surface area (Å²) in [4.78, 5) is 5.78. The number of halogens is 1. The Labute approximate surface area is 129 Å². The van der Waals surface area contributed by atoms with Gasteiger partial charge in [-0.3, -0.25) is 0 Å². The molecule has 1 aliphatic rings. The molecule has 1 aromatic carbocycles. The standard InChI is InChI=1S/C17H21FN2S/c1-12-15(13-8-4-5-9-14(13)18)20-16(21-12)17(19)10-6-2-3-7-11-17/h4-5,8-9H,2-3,6-7,10-11,19H2,1H3. The Bertz CT molecular complexity index is 627. The number of aromatic nitrogens is 1. The first-order chi connectivity index (χ1) is 10.1. The minimum Gasteiger partial charge on any atom is -0.319 e. The zero-order valence-corrected chi connectivity index (χ0v) is 13.2. The van der Waals surface area contributed by atoms with Gasteiger partial charge in [0.2, 0.25) is 0 Å². The number of aryl methyl sites for hydroxylation is 1.